The van der Waals surface area contributed by atoms with Gasteiger partial charge in [0.15, 0.2) is 0 Å². The van der Waals surface area contributed by atoms with Gasteiger partial charge in [-0.3, -0.25) is 0 Å². The third kappa shape index (κ3) is 3.88. The zero-order valence-electron chi connectivity index (χ0n) is 10.2. The van der Waals surface area contributed by atoms with E-state index in [1.807, 2.05) is 12.1 Å². The fraction of sp³-hybridized carbons (Fsp3) is 0.0714. The number of rotatable bonds is 4. The van der Waals surface area contributed by atoms with Gasteiger partial charge < -0.3 is 9.94 Å². The molecule has 1 N–H and O–H groups in total. The van der Waals surface area contributed by atoms with E-state index in [2.05, 4.69) is 21.1 Å². The quantitative estimate of drug-likeness (QED) is 0.457. The Bertz CT molecular complexity index is 647. The molecule has 20 heavy (non-hydrogen) atoms. The van der Waals surface area contributed by atoms with E-state index in [1.165, 1.54) is 6.21 Å². The smallest absolute Gasteiger partial charge is 0.128 e. The molecule has 0 heterocycles. The van der Waals surface area contributed by atoms with Gasteiger partial charge in [-0.1, -0.05) is 50.4 Å². The van der Waals surface area contributed by atoms with Gasteiger partial charge >= 0.3 is 0 Å². The third-order valence-corrected chi connectivity index (χ3v) is 3.78. The van der Waals surface area contributed by atoms with Crippen molar-refractivity contribution in [2.75, 3.05) is 0 Å². The van der Waals surface area contributed by atoms with E-state index in [-0.39, 0.29) is 0 Å². The largest absolute Gasteiger partial charge is 0.488 e. The summed E-state index contributed by atoms with van der Waals surface area (Å²) in [5.74, 6) is 0.608. The van der Waals surface area contributed by atoms with Crippen LogP contribution in [0, 0.1) is 0 Å². The number of halogens is 3. The van der Waals surface area contributed by atoms with Gasteiger partial charge in [0.1, 0.15) is 12.4 Å². The molecule has 0 spiro atoms. The van der Waals surface area contributed by atoms with E-state index >= 15 is 0 Å². The maximum Gasteiger partial charge on any atom is 0.128 e. The molecule has 0 saturated carbocycles. The molecule has 2 rings (SSSR count). The molecule has 3 nitrogen and oxygen atoms in total. The van der Waals surface area contributed by atoms with Crippen molar-refractivity contribution in [3.63, 3.8) is 0 Å². The lowest BCUT2D eigenvalue weighted by Crippen LogP contribution is -1.98. The Morgan fingerprint density at radius 1 is 1.15 bits per heavy atom. The standard InChI is InChI=1S/C14H10BrCl2NO2/c15-11-2-4-14(10(6-11)7-18-19)20-8-9-1-3-12(16)13(17)5-9/h1-7,19H,8H2. The van der Waals surface area contributed by atoms with Crippen LogP contribution in [-0.4, -0.2) is 11.4 Å². The minimum absolute atomic E-state index is 0.338. The van der Waals surface area contributed by atoms with Gasteiger partial charge in [-0.15, -0.1) is 0 Å². The van der Waals surface area contributed by atoms with Crippen LogP contribution in [0.25, 0.3) is 0 Å². The van der Waals surface area contributed by atoms with Crippen molar-refractivity contribution in [3.05, 3.63) is 62.0 Å². The first-order valence-electron chi connectivity index (χ1n) is 5.64. The summed E-state index contributed by atoms with van der Waals surface area (Å²) >= 11 is 15.2. The second kappa shape index (κ2) is 6.97. The monoisotopic (exact) mass is 373 g/mol. The fourth-order valence-corrected chi connectivity index (χ4v) is 2.30. The Morgan fingerprint density at radius 2 is 1.95 bits per heavy atom. The Labute approximate surface area is 134 Å². The Morgan fingerprint density at radius 3 is 2.65 bits per heavy atom. The van der Waals surface area contributed by atoms with Crippen LogP contribution >= 0.6 is 39.1 Å². The number of ether oxygens (including phenoxy) is 1. The normalized spacial score (nSPS) is 10.9. The summed E-state index contributed by atoms with van der Waals surface area (Å²) in [7, 11) is 0. The molecular weight excluding hydrogens is 365 g/mol. The Hall–Kier alpha value is -1.23. The molecule has 2 aromatic carbocycles. The highest BCUT2D eigenvalue weighted by molar-refractivity contribution is 9.10. The van der Waals surface area contributed by atoms with Crippen molar-refractivity contribution in [2.45, 2.75) is 6.61 Å². The first kappa shape index (κ1) is 15.2. The second-order valence-electron chi connectivity index (χ2n) is 3.96. The highest BCUT2D eigenvalue weighted by atomic mass is 79.9. The predicted octanol–water partition coefficient (Wildman–Crippen LogP) is 5.14. The van der Waals surface area contributed by atoms with Crippen LogP contribution in [0.5, 0.6) is 5.75 Å². The maximum absolute atomic E-state index is 8.65. The summed E-state index contributed by atoms with van der Waals surface area (Å²) in [4.78, 5) is 0. The fourth-order valence-electron chi connectivity index (χ4n) is 1.60. The lowest BCUT2D eigenvalue weighted by molar-refractivity contribution is 0.304. The molecule has 0 aliphatic carbocycles. The van der Waals surface area contributed by atoms with Crippen LogP contribution in [0.2, 0.25) is 10.0 Å². The van der Waals surface area contributed by atoms with Crippen LogP contribution in [0.1, 0.15) is 11.1 Å². The summed E-state index contributed by atoms with van der Waals surface area (Å²) in [6.07, 6.45) is 1.31. The summed E-state index contributed by atoms with van der Waals surface area (Å²) in [6.45, 7) is 0.338. The molecule has 0 radical (unpaired) electrons. The molecule has 0 bridgehead atoms. The molecular formula is C14H10BrCl2NO2. The molecule has 0 aliphatic heterocycles. The Balaban J connectivity index is 2.16. The topological polar surface area (TPSA) is 41.8 Å². The van der Waals surface area contributed by atoms with E-state index in [4.69, 9.17) is 33.1 Å². The lowest BCUT2D eigenvalue weighted by atomic mass is 10.2. The molecule has 0 saturated heterocycles. The molecule has 0 aliphatic rings. The van der Waals surface area contributed by atoms with Crippen molar-refractivity contribution in [2.24, 2.45) is 5.16 Å². The number of oxime groups is 1. The van der Waals surface area contributed by atoms with E-state index in [9.17, 15) is 0 Å². The summed E-state index contributed by atoms with van der Waals surface area (Å²) in [5, 5.41) is 12.7. The highest BCUT2D eigenvalue weighted by Gasteiger charge is 2.05. The zero-order chi connectivity index (χ0) is 14.5. The van der Waals surface area contributed by atoms with Crippen LogP contribution in [0.4, 0.5) is 0 Å². The van der Waals surface area contributed by atoms with Crippen molar-refractivity contribution < 1.29 is 9.94 Å². The SMILES string of the molecule is ON=Cc1cc(Br)ccc1OCc1ccc(Cl)c(Cl)c1. The summed E-state index contributed by atoms with van der Waals surface area (Å²) in [6, 6.07) is 10.7. The third-order valence-electron chi connectivity index (χ3n) is 2.55. The van der Waals surface area contributed by atoms with Crippen molar-refractivity contribution >= 4 is 45.3 Å². The van der Waals surface area contributed by atoms with E-state index in [1.54, 1.807) is 24.3 Å². The van der Waals surface area contributed by atoms with Gasteiger partial charge in [-0.05, 0) is 35.9 Å². The van der Waals surface area contributed by atoms with Gasteiger partial charge in [-0.2, -0.15) is 0 Å². The Kier molecular flexibility index (Phi) is 5.29. The van der Waals surface area contributed by atoms with Crippen LogP contribution in [-0.2, 0) is 6.61 Å². The van der Waals surface area contributed by atoms with Gasteiger partial charge in [0.2, 0.25) is 0 Å². The van der Waals surface area contributed by atoms with Crippen molar-refractivity contribution in [1.82, 2.24) is 0 Å². The van der Waals surface area contributed by atoms with E-state index in [0.29, 0.717) is 28.0 Å². The minimum atomic E-state index is 0.338. The molecule has 0 fully saturated rings. The minimum Gasteiger partial charge on any atom is -0.488 e. The van der Waals surface area contributed by atoms with Crippen LogP contribution in [0.15, 0.2) is 46.0 Å². The van der Waals surface area contributed by atoms with Crippen molar-refractivity contribution in [3.8, 4) is 5.75 Å². The first-order valence-corrected chi connectivity index (χ1v) is 7.19. The molecule has 0 unspecified atom stereocenters. The molecule has 2 aromatic rings. The predicted molar refractivity (Wildman–Crippen MR) is 84.3 cm³/mol. The molecule has 6 heteroatoms. The van der Waals surface area contributed by atoms with Crippen LogP contribution in [0.3, 0.4) is 0 Å². The maximum atomic E-state index is 8.65. The first-order chi connectivity index (χ1) is 9.60. The molecule has 0 atom stereocenters. The van der Waals surface area contributed by atoms with Crippen LogP contribution < -0.4 is 4.74 Å². The van der Waals surface area contributed by atoms with E-state index < -0.39 is 0 Å². The van der Waals surface area contributed by atoms with Crippen molar-refractivity contribution in [1.29, 1.82) is 0 Å². The van der Waals surface area contributed by atoms with Gasteiger partial charge in [0.25, 0.3) is 0 Å². The van der Waals surface area contributed by atoms with Gasteiger partial charge in [0, 0.05) is 10.0 Å². The zero-order valence-corrected chi connectivity index (χ0v) is 13.3. The average Bonchev–Trinajstić information content (AvgIpc) is 2.42. The number of benzene rings is 2. The number of nitrogens with zero attached hydrogens (tertiary/aromatic N) is 1. The molecule has 0 amide bonds. The number of hydrogen-bond acceptors (Lipinski definition) is 3. The average molecular weight is 375 g/mol. The summed E-state index contributed by atoms with van der Waals surface area (Å²) in [5.41, 5.74) is 1.57. The van der Waals surface area contributed by atoms with Gasteiger partial charge in [-0.25, -0.2) is 0 Å². The second-order valence-corrected chi connectivity index (χ2v) is 5.69. The highest BCUT2D eigenvalue weighted by Crippen LogP contribution is 2.25. The van der Waals surface area contributed by atoms with E-state index in [0.717, 1.165) is 10.0 Å². The lowest BCUT2D eigenvalue weighted by Gasteiger charge is -2.10. The molecule has 104 valence electrons. The van der Waals surface area contributed by atoms with Gasteiger partial charge in [0.05, 0.1) is 16.3 Å². The molecule has 0 aromatic heterocycles. The summed E-state index contributed by atoms with van der Waals surface area (Å²) < 4.78 is 6.57. The number of hydrogen-bond donors (Lipinski definition) is 1.